The number of hydrogen-bond donors (Lipinski definition) is 0. The molecule has 4 heteroatoms. The normalized spacial score (nSPS) is 18.5. The summed E-state index contributed by atoms with van der Waals surface area (Å²) < 4.78 is 0. The lowest BCUT2D eigenvalue weighted by Gasteiger charge is -2.48. The number of rotatable bonds is 1. The molecule has 2 aliphatic heterocycles. The van der Waals surface area contributed by atoms with E-state index in [1.807, 2.05) is 17.0 Å². The molecule has 0 spiro atoms. The number of carbonyl (C=O) groups is 1. The molecular weight excluding hydrogens is 238 g/mol. The summed E-state index contributed by atoms with van der Waals surface area (Å²) in [5, 5.41) is 0. The molecule has 0 unspecified atom stereocenters. The zero-order chi connectivity index (χ0) is 13.4. The van der Waals surface area contributed by atoms with Gasteiger partial charge in [0, 0.05) is 32.2 Å². The van der Waals surface area contributed by atoms with Gasteiger partial charge in [-0.1, -0.05) is 12.1 Å². The van der Waals surface area contributed by atoms with Gasteiger partial charge >= 0.3 is 0 Å². The molecule has 19 heavy (non-hydrogen) atoms. The average molecular weight is 255 g/mol. The molecule has 0 aliphatic carbocycles. The van der Waals surface area contributed by atoms with Crippen LogP contribution in [-0.2, 0) is 11.2 Å². The predicted molar refractivity (Wildman–Crippen MR) is 74.4 cm³/mol. The standard InChI is InChI=1S/C15H17N3O/c1-11(19)17-9-14(10-17)18-7-3-4-12-5-6-13(16-2)8-15(12)18/h5-6,8,14H,3-4,7,9-10H2,1H3. The molecule has 1 aromatic carbocycles. The van der Waals surface area contributed by atoms with Gasteiger partial charge in [0.2, 0.25) is 5.91 Å². The summed E-state index contributed by atoms with van der Waals surface area (Å²) in [6.07, 6.45) is 2.24. The second kappa shape index (κ2) is 4.58. The highest BCUT2D eigenvalue weighted by atomic mass is 16.2. The van der Waals surface area contributed by atoms with E-state index in [9.17, 15) is 4.79 Å². The fraction of sp³-hybridized carbons (Fsp3) is 0.467. The van der Waals surface area contributed by atoms with Crippen LogP contribution in [0.1, 0.15) is 18.9 Å². The number of amides is 1. The Morgan fingerprint density at radius 2 is 2.21 bits per heavy atom. The van der Waals surface area contributed by atoms with Gasteiger partial charge in [0.15, 0.2) is 5.69 Å². The fourth-order valence-electron chi connectivity index (χ4n) is 2.95. The van der Waals surface area contributed by atoms with Crippen molar-refractivity contribution in [1.29, 1.82) is 0 Å². The molecule has 3 rings (SSSR count). The third-order valence-corrected chi connectivity index (χ3v) is 4.10. The number of likely N-dealkylation sites (tertiary alicyclic amines) is 1. The van der Waals surface area contributed by atoms with Gasteiger partial charge in [-0.3, -0.25) is 4.79 Å². The van der Waals surface area contributed by atoms with Gasteiger partial charge in [0.1, 0.15) is 0 Å². The number of aryl methyl sites for hydroxylation is 1. The van der Waals surface area contributed by atoms with Crippen LogP contribution >= 0.6 is 0 Å². The maximum atomic E-state index is 11.3. The third kappa shape index (κ3) is 2.06. The van der Waals surface area contributed by atoms with Gasteiger partial charge in [-0.2, -0.15) is 0 Å². The summed E-state index contributed by atoms with van der Waals surface area (Å²) in [4.78, 5) is 19.0. The van der Waals surface area contributed by atoms with Crippen molar-refractivity contribution in [2.75, 3.05) is 24.5 Å². The smallest absolute Gasteiger partial charge is 0.219 e. The van der Waals surface area contributed by atoms with Crippen molar-refractivity contribution in [3.8, 4) is 0 Å². The minimum atomic E-state index is 0.156. The fourth-order valence-corrected chi connectivity index (χ4v) is 2.95. The van der Waals surface area contributed by atoms with Gasteiger partial charge < -0.3 is 9.80 Å². The molecule has 0 saturated carbocycles. The Kier molecular flexibility index (Phi) is 2.90. The van der Waals surface area contributed by atoms with Crippen molar-refractivity contribution in [2.24, 2.45) is 0 Å². The van der Waals surface area contributed by atoms with Crippen LogP contribution in [0.25, 0.3) is 4.85 Å². The first-order valence-corrected chi connectivity index (χ1v) is 6.71. The average Bonchev–Trinajstić information content (AvgIpc) is 2.36. The van der Waals surface area contributed by atoms with E-state index in [0.717, 1.165) is 32.5 Å². The summed E-state index contributed by atoms with van der Waals surface area (Å²) >= 11 is 0. The van der Waals surface area contributed by atoms with E-state index in [1.165, 1.54) is 11.3 Å². The molecule has 0 N–H and O–H groups in total. The molecule has 1 aromatic rings. The summed E-state index contributed by atoms with van der Waals surface area (Å²) in [7, 11) is 0. The van der Waals surface area contributed by atoms with E-state index in [1.54, 1.807) is 6.92 Å². The van der Waals surface area contributed by atoms with Gasteiger partial charge in [-0.25, -0.2) is 4.85 Å². The number of nitrogens with zero attached hydrogens (tertiary/aromatic N) is 3. The molecular formula is C15H17N3O. The highest BCUT2D eigenvalue weighted by molar-refractivity contribution is 5.75. The molecule has 2 heterocycles. The lowest BCUT2D eigenvalue weighted by molar-refractivity contribution is -0.133. The Morgan fingerprint density at radius 3 is 2.89 bits per heavy atom. The highest BCUT2D eigenvalue weighted by Crippen LogP contribution is 2.34. The second-order valence-corrected chi connectivity index (χ2v) is 5.30. The van der Waals surface area contributed by atoms with Crippen LogP contribution in [0.5, 0.6) is 0 Å². The lowest BCUT2D eigenvalue weighted by atomic mass is 9.97. The first kappa shape index (κ1) is 12.0. The van der Waals surface area contributed by atoms with Gasteiger partial charge in [-0.15, -0.1) is 0 Å². The van der Waals surface area contributed by atoms with E-state index in [-0.39, 0.29) is 5.91 Å². The zero-order valence-corrected chi connectivity index (χ0v) is 11.1. The summed E-state index contributed by atoms with van der Waals surface area (Å²) in [6, 6.07) is 6.40. The Labute approximate surface area is 113 Å². The van der Waals surface area contributed by atoms with Crippen LogP contribution in [0.3, 0.4) is 0 Å². The molecule has 4 nitrogen and oxygen atoms in total. The number of anilines is 1. The molecule has 0 aromatic heterocycles. The molecule has 0 radical (unpaired) electrons. The van der Waals surface area contributed by atoms with Gasteiger partial charge in [-0.05, 0) is 24.5 Å². The summed E-state index contributed by atoms with van der Waals surface area (Å²) in [6.45, 7) is 11.4. The maximum absolute atomic E-state index is 11.3. The Hall–Kier alpha value is -2.02. The first-order valence-electron chi connectivity index (χ1n) is 6.71. The topological polar surface area (TPSA) is 27.9 Å². The Bertz CT molecular complexity index is 555. The zero-order valence-electron chi connectivity index (χ0n) is 11.1. The number of benzene rings is 1. The predicted octanol–water partition coefficient (Wildman–Crippen LogP) is 2.22. The van der Waals surface area contributed by atoms with Gasteiger partial charge in [0.25, 0.3) is 0 Å². The van der Waals surface area contributed by atoms with Crippen molar-refractivity contribution in [3.05, 3.63) is 35.2 Å². The minimum Gasteiger partial charge on any atom is -0.366 e. The summed E-state index contributed by atoms with van der Waals surface area (Å²) in [5.74, 6) is 0.156. The molecule has 1 amide bonds. The van der Waals surface area contributed by atoms with Crippen molar-refractivity contribution >= 4 is 17.3 Å². The van der Waals surface area contributed by atoms with Gasteiger partial charge in [0.05, 0.1) is 12.6 Å². The third-order valence-electron chi connectivity index (χ3n) is 4.10. The highest BCUT2D eigenvalue weighted by Gasteiger charge is 2.35. The van der Waals surface area contributed by atoms with E-state index < -0.39 is 0 Å². The Morgan fingerprint density at radius 1 is 1.42 bits per heavy atom. The summed E-state index contributed by atoms with van der Waals surface area (Å²) in [5.41, 5.74) is 3.24. The van der Waals surface area contributed by atoms with Crippen LogP contribution in [0.4, 0.5) is 11.4 Å². The Balaban J connectivity index is 1.83. The van der Waals surface area contributed by atoms with Crippen LogP contribution < -0.4 is 4.90 Å². The molecule has 1 saturated heterocycles. The molecule has 98 valence electrons. The van der Waals surface area contributed by atoms with Crippen molar-refractivity contribution in [1.82, 2.24) is 4.90 Å². The van der Waals surface area contributed by atoms with Crippen molar-refractivity contribution in [3.63, 3.8) is 0 Å². The minimum absolute atomic E-state index is 0.156. The molecule has 0 bridgehead atoms. The molecule has 1 fully saturated rings. The van der Waals surface area contributed by atoms with Crippen LogP contribution in [0, 0.1) is 6.57 Å². The largest absolute Gasteiger partial charge is 0.366 e. The molecule has 0 atom stereocenters. The van der Waals surface area contributed by atoms with E-state index in [4.69, 9.17) is 6.57 Å². The molecule has 2 aliphatic rings. The van der Waals surface area contributed by atoms with E-state index >= 15 is 0 Å². The monoisotopic (exact) mass is 255 g/mol. The quantitative estimate of drug-likeness (QED) is 0.720. The van der Waals surface area contributed by atoms with Crippen molar-refractivity contribution < 1.29 is 4.79 Å². The number of fused-ring (bicyclic) bond motifs is 1. The van der Waals surface area contributed by atoms with E-state index in [2.05, 4.69) is 15.8 Å². The number of hydrogen-bond acceptors (Lipinski definition) is 2. The van der Waals surface area contributed by atoms with Crippen LogP contribution in [0.15, 0.2) is 18.2 Å². The maximum Gasteiger partial charge on any atom is 0.219 e. The SMILES string of the molecule is [C-]#[N+]c1ccc2c(c1)N(C1CN(C(C)=O)C1)CCC2. The second-order valence-electron chi connectivity index (χ2n) is 5.30. The first-order chi connectivity index (χ1) is 9.19. The lowest BCUT2D eigenvalue weighted by Crippen LogP contribution is -2.61. The van der Waals surface area contributed by atoms with Crippen molar-refractivity contribution in [2.45, 2.75) is 25.8 Å². The van der Waals surface area contributed by atoms with Crippen LogP contribution in [-0.4, -0.2) is 36.5 Å². The van der Waals surface area contributed by atoms with Crippen LogP contribution in [0.2, 0.25) is 0 Å². The van der Waals surface area contributed by atoms with E-state index in [0.29, 0.717) is 11.7 Å². The number of carbonyl (C=O) groups excluding carboxylic acids is 1.